The molecule has 0 bridgehead atoms. The Morgan fingerprint density at radius 2 is 1.89 bits per heavy atom. The maximum absolute atomic E-state index is 10.5. The number of phenolic OH excluding ortho intramolecular Hbond substituents is 1. The molecule has 142 valence electrons. The molecule has 2 aromatic rings. The molecule has 4 nitrogen and oxygen atoms in total. The van der Waals surface area contributed by atoms with Gasteiger partial charge in [0.05, 0.1) is 0 Å². The van der Waals surface area contributed by atoms with Crippen LogP contribution in [-0.2, 0) is 0 Å². The molecule has 1 saturated heterocycles. The number of aliphatic imine (C=N–C) groups is 1. The molecule has 0 amide bonds. The van der Waals surface area contributed by atoms with Crippen molar-refractivity contribution in [3.8, 4) is 5.75 Å². The van der Waals surface area contributed by atoms with Crippen molar-refractivity contribution in [1.82, 2.24) is 10.2 Å². The summed E-state index contributed by atoms with van der Waals surface area (Å²) in [6.07, 6.45) is 2.61. The first kappa shape index (κ1) is 18.9. The van der Waals surface area contributed by atoms with E-state index in [9.17, 15) is 5.11 Å². The molecule has 27 heavy (non-hydrogen) atoms. The van der Waals surface area contributed by atoms with Crippen LogP contribution in [0.2, 0.25) is 5.02 Å². The lowest BCUT2D eigenvalue weighted by Gasteiger charge is -2.44. The van der Waals surface area contributed by atoms with Crippen LogP contribution in [0.3, 0.4) is 0 Å². The highest BCUT2D eigenvalue weighted by Crippen LogP contribution is 2.38. The van der Waals surface area contributed by atoms with Gasteiger partial charge in [0, 0.05) is 46.3 Å². The number of phenols is 1. The summed E-state index contributed by atoms with van der Waals surface area (Å²) < 4.78 is 1.05. The third kappa shape index (κ3) is 4.06. The summed E-state index contributed by atoms with van der Waals surface area (Å²) in [5.74, 6) is 0.275. The highest BCUT2D eigenvalue weighted by molar-refractivity contribution is 9.10. The lowest BCUT2D eigenvalue weighted by Crippen LogP contribution is -2.55. The molecular formula is C21H23BrClN3O. The Hall–Kier alpha value is -1.40. The number of benzene rings is 2. The number of hydrogen-bond acceptors (Lipinski definition) is 4. The molecule has 0 aromatic heterocycles. The molecular weight excluding hydrogens is 426 g/mol. The van der Waals surface area contributed by atoms with Crippen molar-refractivity contribution in [1.29, 1.82) is 0 Å². The van der Waals surface area contributed by atoms with E-state index in [1.165, 1.54) is 0 Å². The van der Waals surface area contributed by atoms with Gasteiger partial charge in [-0.25, -0.2) is 0 Å². The number of nitrogens with one attached hydrogen (secondary N) is 1. The molecule has 1 spiro atoms. The molecule has 2 aromatic carbocycles. The van der Waals surface area contributed by atoms with Crippen LogP contribution in [0.1, 0.15) is 36.4 Å². The number of aromatic hydroxyl groups is 1. The zero-order valence-electron chi connectivity index (χ0n) is 15.3. The van der Waals surface area contributed by atoms with E-state index in [4.69, 9.17) is 16.6 Å². The molecule has 6 heteroatoms. The summed E-state index contributed by atoms with van der Waals surface area (Å²) >= 11 is 9.73. The van der Waals surface area contributed by atoms with Crippen molar-refractivity contribution < 1.29 is 5.11 Å². The first-order valence-electron chi connectivity index (χ1n) is 9.23. The molecule has 0 saturated carbocycles. The Labute approximate surface area is 173 Å². The van der Waals surface area contributed by atoms with Crippen molar-refractivity contribution in [2.75, 3.05) is 20.1 Å². The molecule has 0 unspecified atom stereocenters. The predicted octanol–water partition coefficient (Wildman–Crippen LogP) is 4.75. The van der Waals surface area contributed by atoms with Gasteiger partial charge < -0.3 is 10.0 Å². The maximum atomic E-state index is 10.5. The number of nitrogens with zero attached hydrogens (tertiary/aromatic N) is 2. The Morgan fingerprint density at radius 3 is 2.59 bits per heavy atom. The van der Waals surface area contributed by atoms with Gasteiger partial charge in [-0.05, 0) is 55.8 Å². The summed E-state index contributed by atoms with van der Waals surface area (Å²) in [6, 6.07) is 13.5. The van der Waals surface area contributed by atoms with E-state index < -0.39 is 0 Å². The van der Waals surface area contributed by atoms with Crippen LogP contribution >= 0.6 is 27.5 Å². The number of rotatable bonds is 2. The van der Waals surface area contributed by atoms with Gasteiger partial charge in [-0.1, -0.05) is 39.7 Å². The molecule has 2 aliphatic rings. The topological polar surface area (TPSA) is 47.9 Å². The van der Waals surface area contributed by atoms with Gasteiger partial charge in [0.1, 0.15) is 11.4 Å². The van der Waals surface area contributed by atoms with Crippen molar-refractivity contribution in [2.45, 2.75) is 31.0 Å². The molecule has 4 rings (SSSR count). The summed E-state index contributed by atoms with van der Waals surface area (Å²) in [5.41, 5.74) is 2.75. The van der Waals surface area contributed by atoms with Gasteiger partial charge in [-0.15, -0.1) is 0 Å². The van der Waals surface area contributed by atoms with Crippen LogP contribution < -0.4 is 5.32 Å². The van der Waals surface area contributed by atoms with Crippen molar-refractivity contribution >= 4 is 33.2 Å². The third-order valence-electron chi connectivity index (χ3n) is 5.55. The number of halogens is 2. The first-order chi connectivity index (χ1) is 12.9. The Balaban J connectivity index is 1.74. The number of piperidine rings is 1. The molecule has 1 atom stereocenters. The first-order valence-corrected chi connectivity index (χ1v) is 10.4. The highest BCUT2D eigenvalue weighted by Gasteiger charge is 2.40. The normalized spacial score (nSPS) is 22.6. The largest absolute Gasteiger partial charge is 0.508 e. The third-order valence-corrected chi connectivity index (χ3v) is 6.31. The fourth-order valence-corrected chi connectivity index (χ4v) is 4.41. The van der Waals surface area contributed by atoms with Gasteiger partial charge in [-0.2, -0.15) is 0 Å². The fraction of sp³-hybridized carbons (Fsp3) is 0.381. The number of likely N-dealkylation sites (tertiary alicyclic amines) is 1. The van der Waals surface area contributed by atoms with Crippen molar-refractivity contribution in [2.24, 2.45) is 4.99 Å². The zero-order chi connectivity index (χ0) is 19.0. The molecule has 2 aliphatic heterocycles. The Bertz CT molecular complexity index is 860. The molecule has 2 heterocycles. The average Bonchev–Trinajstić information content (AvgIpc) is 2.66. The molecule has 0 aliphatic carbocycles. The smallest absolute Gasteiger partial charge is 0.120 e. The van der Waals surface area contributed by atoms with Crippen LogP contribution in [0, 0.1) is 0 Å². The van der Waals surface area contributed by atoms with Crippen LogP contribution in [0.15, 0.2) is 51.9 Å². The summed E-state index contributed by atoms with van der Waals surface area (Å²) in [7, 11) is 2.15. The lowest BCUT2D eigenvalue weighted by atomic mass is 9.87. The van der Waals surface area contributed by atoms with E-state index in [1.807, 2.05) is 18.2 Å². The molecule has 0 radical (unpaired) electrons. The van der Waals surface area contributed by atoms with Crippen LogP contribution in [0.25, 0.3) is 0 Å². The van der Waals surface area contributed by atoms with E-state index in [0.717, 1.165) is 47.2 Å². The minimum Gasteiger partial charge on any atom is -0.508 e. The van der Waals surface area contributed by atoms with E-state index >= 15 is 0 Å². The zero-order valence-corrected chi connectivity index (χ0v) is 17.6. The van der Waals surface area contributed by atoms with E-state index in [1.54, 1.807) is 12.1 Å². The maximum Gasteiger partial charge on any atom is 0.120 e. The highest BCUT2D eigenvalue weighted by atomic mass is 79.9. The van der Waals surface area contributed by atoms with Crippen LogP contribution in [-0.4, -0.2) is 41.5 Å². The van der Waals surface area contributed by atoms with Gasteiger partial charge in [-0.3, -0.25) is 10.3 Å². The van der Waals surface area contributed by atoms with Crippen molar-refractivity contribution in [3.63, 3.8) is 0 Å². The van der Waals surface area contributed by atoms with Gasteiger partial charge >= 0.3 is 0 Å². The quantitative estimate of drug-likeness (QED) is 0.697. The van der Waals surface area contributed by atoms with E-state index in [-0.39, 0.29) is 17.5 Å². The lowest BCUT2D eigenvalue weighted by molar-refractivity contribution is 0.144. The monoisotopic (exact) mass is 447 g/mol. The summed E-state index contributed by atoms with van der Waals surface area (Å²) in [4.78, 5) is 7.52. The van der Waals surface area contributed by atoms with Crippen LogP contribution in [0.4, 0.5) is 0 Å². The standard InChI is InChI=1S/C21H23BrClN3O/c1-26-10-8-21(9-11-26)24-18(14-2-4-15(22)5-3-14)13-19(25-21)17-12-16(23)6-7-20(17)27/h2-7,12,19,25,27H,8-11,13H2,1H3/t19-/m1/s1. The second-order valence-corrected chi connectivity index (χ2v) is 8.86. The summed E-state index contributed by atoms with van der Waals surface area (Å²) in [5, 5.41) is 14.8. The molecule has 1 fully saturated rings. The van der Waals surface area contributed by atoms with Crippen molar-refractivity contribution in [3.05, 3.63) is 63.1 Å². The minimum atomic E-state index is -0.299. The van der Waals surface area contributed by atoms with Crippen LogP contribution in [0.5, 0.6) is 5.75 Å². The van der Waals surface area contributed by atoms with E-state index in [2.05, 4.69) is 45.3 Å². The molecule has 2 N–H and O–H groups in total. The Kier molecular flexibility index (Phi) is 5.30. The second-order valence-electron chi connectivity index (χ2n) is 7.50. The Morgan fingerprint density at radius 1 is 1.19 bits per heavy atom. The minimum absolute atomic E-state index is 0.0248. The fourth-order valence-electron chi connectivity index (χ4n) is 3.97. The number of hydrogen-bond donors (Lipinski definition) is 2. The van der Waals surface area contributed by atoms with Gasteiger partial charge in [0.15, 0.2) is 0 Å². The predicted molar refractivity (Wildman–Crippen MR) is 114 cm³/mol. The SMILES string of the molecule is CN1CCC2(CC1)N=C(c1ccc(Br)cc1)C[C@H](c1cc(Cl)ccc1O)N2. The van der Waals surface area contributed by atoms with Gasteiger partial charge in [0.25, 0.3) is 0 Å². The van der Waals surface area contributed by atoms with E-state index in [0.29, 0.717) is 11.4 Å². The summed E-state index contributed by atoms with van der Waals surface area (Å²) in [6.45, 7) is 2.00. The van der Waals surface area contributed by atoms with Gasteiger partial charge in [0.2, 0.25) is 0 Å². The second kappa shape index (κ2) is 7.55. The average molecular weight is 449 g/mol.